The maximum Gasteiger partial charge on any atom is 0.306 e. The summed E-state index contributed by atoms with van der Waals surface area (Å²) in [5.41, 5.74) is 0.908. The van der Waals surface area contributed by atoms with Gasteiger partial charge in [-0.2, -0.15) is 5.10 Å². The molecule has 0 aliphatic heterocycles. The van der Waals surface area contributed by atoms with Crippen LogP contribution in [0.15, 0.2) is 36.8 Å². The molecule has 0 radical (unpaired) electrons. The lowest BCUT2D eigenvalue weighted by Gasteiger charge is -2.13. The van der Waals surface area contributed by atoms with Crippen molar-refractivity contribution in [3.63, 3.8) is 0 Å². The quantitative estimate of drug-likeness (QED) is 0.736. The summed E-state index contributed by atoms with van der Waals surface area (Å²) in [5.74, 6) is 1.52. The molecule has 2 rings (SSSR count). The van der Waals surface area contributed by atoms with Crippen LogP contribution >= 0.6 is 0 Å². The van der Waals surface area contributed by atoms with Gasteiger partial charge in [0.05, 0.1) is 0 Å². The van der Waals surface area contributed by atoms with E-state index in [1.807, 2.05) is 24.4 Å². The van der Waals surface area contributed by atoms with Gasteiger partial charge >= 0.3 is 5.97 Å². The Kier molecular flexibility index (Phi) is 5.69. The second kappa shape index (κ2) is 7.73. The number of carbonyl (C=O) groups excluding carboxylic acids is 1. The molecule has 0 saturated heterocycles. The van der Waals surface area contributed by atoms with Crippen LogP contribution < -0.4 is 0 Å². The molecule has 5 nitrogen and oxygen atoms in total. The monoisotopic (exact) mass is 301 g/mol. The number of esters is 1. The van der Waals surface area contributed by atoms with Gasteiger partial charge in [-0.25, -0.2) is 9.67 Å². The van der Waals surface area contributed by atoms with Gasteiger partial charge in [0.1, 0.15) is 6.61 Å². The number of nitrogens with zero attached hydrogens (tertiary/aromatic N) is 3. The molecule has 0 fully saturated rings. The van der Waals surface area contributed by atoms with E-state index in [4.69, 9.17) is 4.74 Å². The Morgan fingerprint density at radius 1 is 1.32 bits per heavy atom. The molecular weight excluding hydrogens is 278 g/mol. The molecule has 2 heterocycles. The summed E-state index contributed by atoms with van der Waals surface area (Å²) in [7, 11) is 0. The second-order valence-corrected chi connectivity index (χ2v) is 6.07. The maximum atomic E-state index is 11.9. The number of carbonyl (C=O) groups is 1. The highest BCUT2D eigenvalue weighted by Gasteiger charge is 2.12. The Labute approximate surface area is 131 Å². The van der Waals surface area contributed by atoms with E-state index in [0.717, 1.165) is 12.0 Å². The molecular formula is C17H23N3O2. The summed E-state index contributed by atoms with van der Waals surface area (Å²) in [4.78, 5) is 16.1. The molecule has 0 aromatic carbocycles. The van der Waals surface area contributed by atoms with E-state index in [-0.39, 0.29) is 12.6 Å². The lowest BCUT2D eigenvalue weighted by molar-refractivity contribution is -0.146. The molecule has 0 unspecified atom stereocenters. The molecule has 0 amide bonds. The highest BCUT2D eigenvalue weighted by molar-refractivity contribution is 5.69. The van der Waals surface area contributed by atoms with Gasteiger partial charge in [0.15, 0.2) is 5.82 Å². The van der Waals surface area contributed by atoms with Gasteiger partial charge < -0.3 is 4.74 Å². The van der Waals surface area contributed by atoms with Crippen molar-refractivity contribution < 1.29 is 9.53 Å². The smallest absolute Gasteiger partial charge is 0.306 e. The molecule has 1 atom stereocenters. The van der Waals surface area contributed by atoms with E-state index >= 15 is 0 Å². The van der Waals surface area contributed by atoms with Gasteiger partial charge in [-0.3, -0.25) is 4.79 Å². The van der Waals surface area contributed by atoms with Crippen molar-refractivity contribution in [3.8, 4) is 5.82 Å². The molecule has 5 heteroatoms. The minimum absolute atomic E-state index is 0.148. The fourth-order valence-electron chi connectivity index (χ4n) is 2.48. The summed E-state index contributed by atoms with van der Waals surface area (Å²) < 4.78 is 7.03. The van der Waals surface area contributed by atoms with Crippen LogP contribution in [0.1, 0.15) is 39.2 Å². The number of rotatable bonds is 7. The van der Waals surface area contributed by atoms with Crippen LogP contribution in [0.2, 0.25) is 0 Å². The van der Waals surface area contributed by atoms with E-state index < -0.39 is 0 Å². The van der Waals surface area contributed by atoms with Gasteiger partial charge in [0.2, 0.25) is 0 Å². The van der Waals surface area contributed by atoms with Crippen molar-refractivity contribution in [3.05, 3.63) is 42.4 Å². The maximum absolute atomic E-state index is 11.9. The first-order valence-electron chi connectivity index (χ1n) is 7.65. The first-order valence-corrected chi connectivity index (χ1v) is 7.65. The largest absolute Gasteiger partial charge is 0.461 e. The Morgan fingerprint density at radius 3 is 2.82 bits per heavy atom. The third kappa shape index (κ3) is 4.98. The number of hydrogen-bond acceptors (Lipinski definition) is 4. The van der Waals surface area contributed by atoms with Crippen LogP contribution in [0.25, 0.3) is 5.82 Å². The van der Waals surface area contributed by atoms with Crippen LogP contribution in [0, 0.1) is 11.8 Å². The minimum Gasteiger partial charge on any atom is -0.461 e. The van der Waals surface area contributed by atoms with E-state index in [0.29, 0.717) is 24.1 Å². The molecule has 118 valence electrons. The molecule has 2 aromatic rings. The van der Waals surface area contributed by atoms with E-state index in [1.54, 1.807) is 17.1 Å². The first-order chi connectivity index (χ1) is 10.5. The zero-order chi connectivity index (χ0) is 15.9. The van der Waals surface area contributed by atoms with Crippen molar-refractivity contribution in [2.24, 2.45) is 11.8 Å². The zero-order valence-corrected chi connectivity index (χ0v) is 13.4. The number of pyridine rings is 1. The highest BCUT2D eigenvalue weighted by atomic mass is 16.5. The third-order valence-electron chi connectivity index (χ3n) is 3.34. The Hall–Kier alpha value is -2.17. The highest BCUT2D eigenvalue weighted by Crippen LogP contribution is 2.16. The van der Waals surface area contributed by atoms with Gasteiger partial charge in [-0.05, 0) is 42.0 Å². The Balaban J connectivity index is 1.86. The topological polar surface area (TPSA) is 57.0 Å². The van der Waals surface area contributed by atoms with Crippen molar-refractivity contribution in [2.45, 2.75) is 40.2 Å². The second-order valence-electron chi connectivity index (χ2n) is 6.07. The summed E-state index contributed by atoms with van der Waals surface area (Å²) in [6.07, 6.45) is 6.72. The van der Waals surface area contributed by atoms with E-state index in [1.165, 1.54) is 0 Å². The van der Waals surface area contributed by atoms with Crippen molar-refractivity contribution >= 4 is 5.97 Å². The predicted molar refractivity (Wildman–Crippen MR) is 84.4 cm³/mol. The Morgan fingerprint density at radius 2 is 2.14 bits per heavy atom. The number of ether oxygens (including phenoxy) is 1. The average Bonchev–Trinajstić information content (AvgIpc) is 2.98. The molecule has 0 aliphatic rings. The van der Waals surface area contributed by atoms with Crippen LogP contribution in [0.3, 0.4) is 0 Å². The molecule has 0 bridgehead atoms. The zero-order valence-electron chi connectivity index (χ0n) is 13.4. The predicted octanol–water partition coefficient (Wildman–Crippen LogP) is 3.38. The number of hydrogen-bond donors (Lipinski definition) is 0. The lowest BCUT2D eigenvalue weighted by Crippen LogP contribution is -2.11. The SMILES string of the molecule is CC(C)C[C@H](C)CC(=O)OCc1ccnc(-n2cccn2)c1. The third-order valence-corrected chi connectivity index (χ3v) is 3.34. The number of aromatic nitrogens is 3. The molecule has 2 aromatic heterocycles. The minimum atomic E-state index is -0.148. The normalized spacial score (nSPS) is 12.4. The molecule has 0 aliphatic carbocycles. The van der Waals surface area contributed by atoms with Crippen molar-refractivity contribution in [2.75, 3.05) is 0 Å². The first kappa shape index (κ1) is 16.2. The fraction of sp³-hybridized carbons (Fsp3) is 0.471. The molecule has 0 spiro atoms. The van der Waals surface area contributed by atoms with Gasteiger partial charge in [-0.15, -0.1) is 0 Å². The van der Waals surface area contributed by atoms with Crippen LogP contribution in [0.5, 0.6) is 0 Å². The van der Waals surface area contributed by atoms with Crippen molar-refractivity contribution in [1.29, 1.82) is 0 Å². The van der Waals surface area contributed by atoms with Crippen LogP contribution in [0.4, 0.5) is 0 Å². The average molecular weight is 301 g/mol. The molecule has 0 saturated carbocycles. The van der Waals surface area contributed by atoms with Gasteiger partial charge in [-0.1, -0.05) is 20.8 Å². The van der Waals surface area contributed by atoms with Gasteiger partial charge in [0, 0.05) is 25.0 Å². The van der Waals surface area contributed by atoms with Crippen molar-refractivity contribution in [1.82, 2.24) is 14.8 Å². The summed E-state index contributed by atoms with van der Waals surface area (Å²) in [6, 6.07) is 5.56. The van der Waals surface area contributed by atoms with Crippen LogP contribution in [-0.4, -0.2) is 20.7 Å². The molecule has 22 heavy (non-hydrogen) atoms. The molecule has 0 N–H and O–H groups in total. The summed E-state index contributed by atoms with van der Waals surface area (Å²) >= 11 is 0. The summed E-state index contributed by atoms with van der Waals surface area (Å²) in [5, 5.41) is 4.14. The Bertz CT molecular complexity index is 594. The van der Waals surface area contributed by atoms with E-state index in [9.17, 15) is 4.79 Å². The van der Waals surface area contributed by atoms with Crippen LogP contribution in [-0.2, 0) is 16.1 Å². The van der Waals surface area contributed by atoms with Gasteiger partial charge in [0.25, 0.3) is 0 Å². The lowest BCUT2D eigenvalue weighted by atomic mass is 9.96. The standard InChI is InChI=1S/C17H23N3O2/c1-13(2)9-14(3)10-17(21)22-12-15-5-7-18-16(11-15)20-8-4-6-19-20/h4-8,11,13-14H,9-10,12H2,1-3H3/t14-/m0/s1. The summed E-state index contributed by atoms with van der Waals surface area (Å²) in [6.45, 7) is 6.68. The fourth-order valence-corrected chi connectivity index (χ4v) is 2.48. The van der Waals surface area contributed by atoms with E-state index in [2.05, 4.69) is 30.9 Å².